The van der Waals surface area contributed by atoms with E-state index in [0.717, 1.165) is 4.90 Å². The summed E-state index contributed by atoms with van der Waals surface area (Å²) in [4.78, 5) is 13.5. The fourth-order valence-electron chi connectivity index (χ4n) is 2.47. The minimum atomic E-state index is -3.69. The van der Waals surface area contributed by atoms with Gasteiger partial charge in [0.1, 0.15) is 0 Å². The largest absolute Gasteiger partial charge is 0.322 e. The number of hydrogen-bond donors (Lipinski definition) is 2. The molecule has 1 amide bonds. The quantitative estimate of drug-likeness (QED) is 0.601. The van der Waals surface area contributed by atoms with E-state index in [9.17, 15) is 13.2 Å². The third kappa shape index (κ3) is 4.69. The number of anilines is 2. The number of benzene rings is 3. The topological polar surface area (TPSA) is 75.3 Å². The zero-order valence-electron chi connectivity index (χ0n) is 14.5. The highest BCUT2D eigenvalue weighted by atomic mass is 32.2. The predicted octanol–water partition coefficient (Wildman–Crippen LogP) is 4.46. The maximum atomic E-state index is 12.5. The molecule has 0 aliphatic carbocycles. The van der Waals surface area contributed by atoms with Crippen LogP contribution in [0.2, 0.25) is 0 Å². The van der Waals surface area contributed by atoms with Gasteiger partial charge >= 0.3 is 0 Å². The molecule has 0 bridgehead atoms. The van der Waals surface area contributed by atoms with Gasteiger partial charge in [0.25, 0.3) is 15.9 Å². The summed E-state index contributed by atoms with van der Waals surface area (Å²) in [6.07, 6.45) is 1.91. The number of para-hydroxylation sites is 1. The summed E-state index contributed by atoms with van der Waals surface area (Å²) in [6, 6.07) is 22.0. The van der Waals surface area contributed by atoms with Gasteiger partial charge < -0.3 is 5.32 Å². The van der Waals surface area contributed by atoms with Gasteiger partial charge in [0.05, 0.1) is 10.5 Å². The van der Waals surface area contributed by atoms with E-state index in [2.05, 4.69) is 10.0 Å². The highest BCUT2D eigenvalue weighted by Gasteiger charge is 2.15. The number of thioether (sulfide) groups is 1. The fourth-order valence-corrected chi connectivity index (χ4v) is 4.12. The molecule has 3 rings (SSSR count). The van der Waals surface area contributed by atoms with Crippen molar-refractivity contribution in [2.24, 2.45) is 0 Å². The normalized spacial score (nSPS) is 11.0. The average molecular weight is 399 g/mol. The van der Waals surface area contributed by atoms with Gasteiger partial charge in [0, 0.05) is 16.3 Å². The summed E-state index contributed by atoms with van der Waals surface area (Å²) >= 11 is 1.49. The summed E-state index contributed by atoms with van der Waals surface area (Å²) in [5, 5.41) is 2.79. The maximum absolute atomic E-state index is 12.5. The Hall–Kier alpha value is -2.77. The van der Waals surface area contributed by atoms with E-state index in [1.165, 1.54) is 23.9 Å². The Bertz CT molecular complexity index is 1030. The van der Waals surface area contributed by atoms with Gasteiger partial charge in [-0.05, 0) is 54.8 Å². The molecule has 0 saturated heterocycles. The van der Waals surface area contributed by atoms with E-state index < -0.39 is 10.0 Å². The van der Waals surface area contributed by atoms with Crippen LogP contribution in [0.25, 0.3) is 0 Å². The van der Waals surface area contributed by atoms with E-state index in [1.807, 2.05) is 24.5 Å². The number of carbonyl (C=O) groups is 1. The van der Waals surface area contributed by atoms with Gasteiger partial charge in [-0.1, -0.05) is 30.3 Å². The SMILES string of the molecule is CSc1ccccc1C(=O)Nc1ccc(S(=O)(=O)Nc2ccccc2)cc1. The average Bonchev–Trinajstić information content (AvgIpc) is 2.68. The molecule has 2 N–H and O–H groups in total. The first-order valence-electron chi connectivity index (χ1n) is 8.12. The molecule has 0 aromatic heterocycles. The minimum absolute atomic E-state index is 0.119. The standard InChI is InChI=1S/C20H18N2O3S2/c1-26-19-10-6-5-9-18(19)20(23)21-15-11-13-17(14-12-15)27(24,25)22-16-7-3-2-4-8-16/h2-14,22H,1H3,(H,21,23). The van der Waals surface area contributed by atoms with Crippen molar-refractivity contribution < 1.29 is 13.2 Å². The van der Waals surface area contributed by atoms with Gasteiger partial charge in [0.15, 0.2) is 0 Å². The van der Waals surface area contributed by atoms with E-state index >= 15 is 0 Å². The summed E-state index contributed by atoms with van der Waals surface area (Å²) < 4.78 is 27.4. The highest BCUT2D eigenvalue weighted by molar-refractivity contribution is 7.98. The summed E-state index contributed by atoms with van der Waals surface area (Å²) in [5.41, 5.74) is 1.59. The lowest BCUT2D eigenvalue weighted by molar-refractivity contribution is 0.102. The Balaban J connectivity index is 1.74. The molecular formula is C20H18N2O3S2. The third-order valence-electron chi connectivity index (χ3n) is 3.80. The molecule has 3 aromatic rings. The minimum Gasteiger partial charge on any atom is -0.322 e. The zero-order valence-corrected chi connectivity index (χ0v) is 16.2. The summed E-state index contributed by atoms with van der Waals surface area (Å²) in [5.74, 6) is -0.238. The second-order valence-corrected chi connectivity index (χ2v) is 8.18. The van der Waals surface area contributed by atoms with Crippen LogP contribution in [-0.2, 0) is 10.0 Å². The second-order valence-electron chi connectivity index (χ2n) is 5.65. The number of rotatable bonds is 6. The molecule has 138 valence electrons. The third-order valence-corrected chi connectivity index (χ3v) is 5.99. The predicted molar refractivity (Wildman–Crippen MR) is 110 cm³/mol. The summed E-state index contributed by atoms with van der Waals surface area (Å²) in [7, 11) is -3.69. The number of hydrogen-bond acceptors (Lipinski definition) is 4. The Morgan fingerprint density at radius 2 is 1.44 bits per heavy atom. The molecule has 0 spiro atoms. The fraction of sp³-hybridized carbons (Fsp3) is 0.0500. The van der Waals surface area contributed by atoms with Crippen molar-refractivity contribution in [1.29, 1.82) is 0 Å². The Morgan fingerprint density at radius 1 is 0.815 bits per heavy atom. The van der Waals surface area contributed by atoms with Gasteiger partial charge in [-0.3, -0.25) is 9.52 Å². The van der Waals surface area contributed by atoms with Gasteiger partial charge in [-0.2, -0.15) is 0 Å². The first-order valence-corrected chi connectivity index (χ1v) is 10.8. The van der Waals surface area contributed by atoms with E-state index in [1.54, 1.807) is 48.5 Å². The van der Waals surface area contributed by atoms with Crippen molar-refractivity contribution in [3.63, 3.8) is 0 Å². The smallest absolute Gasteiger partial charge is 0.261 e. The van der Waals surface area contributed by atoms with Crippen LogP contribution < -0.4 is 10.0 Å². The van der Waals surface area contributed by atoms with Crippen LogP contribution >= 0.6 is 11.8 Å². The number of sulfonamides is 1. The van der Waals surface area contributed by atoms with Crippen molar-refractivity contribution in [2.75, 3.05) is 16.3 Å². The maximum Gasteiger partial charge on any atom is 0.261 e. The molecule has 27 heavy (non-hydrogen) atoms. The van der Waals surface area contributed by atoms with E-state index in [-0.39, 0.29) is 10.8 Å². The highest BCUT2D eigenvalue weighted by Crippen LogP contribution is 2.22. The van der Waals surface area contributed by atoms with Crippen LogP contribution in [0.4, 0.5) is 11.4 Å². The molecule has 0 aliphatic heterocycles. The second kappa shape index (κ2) is 8.28. The van der Waals surface area contributed by atoms with Crippen LogP contribution in [0.1, 0.15) is 10.4 Å². The van der Waals surface area contributed by atoms with Gasteiger partial charge in [0.2, 0.25) is 0 Å². The lowest BCUT2D eigenvalue weighted by atomic mass is 10.2. The van der Waals surface area contributed by atoms with Crippen LogP contribution in [-0.4, -0.2) is 20.6 Å². The molecule has 0 saturated carbocycles. The van der Waals surface area contributed by atoms with Crippen molar-refractivity contribution in [1.82, 2.24) is 0 Å². The van der Waals surface area contributed by atoms with Gasteiger partial charge in [-0.15, -0.1) is 11.8 Å². The van der Waals surface area contributed by atoms with Crippen LogP contribution in [0.5, 0.6) is 0 Å². The zero-order chi connectivity index (χ0) is 19.3. The van der Waals surface area contributed by atoms with Crippen LogP contribution in [0.3, 0.4) is 0 Å². The molecule has 5 nitrogen and oxygen atoms in total. The molecule has 0 aliphatic rings. The lowest BCUT2D eigenvalue weighted by Crippen LogP contribution is -2.14. The first-order chi connectivity index (χ1) is 13.0. The van der Waals surface area contributed by atoms with Crippen molar-refractivity contribution in [2.45, 2.75) is 9.79 Å². The van der Waals surface area contributed by atoms with E-state index in [4.69, 9.17) is 0 Å². The molecule has 7 heteroatoms. The number of amides is 1. The molecule has 0 unspecified atom stereocenters. The van der Waals surface area contributed by atoms with Crippen LogP contribution in [0, 0.1) is 0 Å². The molecule has 0 fully saturated rings. The van der Waals surface area contributed by atoms with Crippen molar-refractivity contribution >= 4 is 39.1 Å². The Labute approximate surface area is 162 Å². The molecule has 0 radical (unpaired) electrons. The Morgan fingerprint density at radius 3 is 2.11 bits per heavy atom. The molecular weight excluding hydrogens is 380 g/mol. The lowest BCUT2D eigenvalue weighted by Gasteiger charge is -2.10. The monoisotopic (exact) mass is 398 g/mol. The number of carbonyl (C=O) groups excluding carboxylic acids is 1. The first kappa shape index (κ1) is 19.0. The molecule has 0 heterocycles. The van der Waals surface area contributed by atoms with Crippen molar-refractivity contribution in [3.05, 3.63) is 84.4 Å². The van der Waals surface area contributed by atoms with Gasteiger partial charge in [-0.25, -0.2) is 8.42 Å². The van der Waals surface area contributed by atoms with E-state index in [0.29, 0.717) is 16.9 Å². The molecule has 3 aromatic carbocycles. The van der Waals surface area contributed by atoms with Crippen LogP contribution in [0.15, 0.2) is 88.7 Å². The molecule has 0 atom stereocenters. The Kier molecular flexibility index (Phi) is 5.83. The summed E-state index contributed by atoms with van der Waals surface area (Å²) in [6.45, 7) is 0. The van der Waals surface area contributed by atoms with Crippen molar-refractivity contribution in [3.8, 4) is 0 Å². The number of nitrogens with one attached hydrogen (secondary N) is 2.